The molecule has 3 heterocycles. The summed E-state index contributed by atoms with van der Waals surface area (Å²) in [5.74, 6) is 1.70. The molecule has 0 saturated carbocycles. The van der Waals surface area contributed by atoms with Crippen LogP contribution in [0.2, 0.25) is 0 Å². The minimum Gasteiger partial charge on any atom is -0.361 e. The first-order chi connectivity index (χ1) is 14.1. The maximum atomic E-state index is 12.3. The third-order valence-electron chi connectivity index (χ3n) is 5.13. The normalized spacial score (nSPS) is 13.1. The van der Waals surface area contributed by atoms with Crippen molar-refractivity contribution >= 4 is 11.8 Å². The fourth-order valence-electron chi connectivity index (χ4n) is 3.52. The summed E-state index contributed by atoms with van der Waals surface area (Å²) in [5.41, 5.74) is 4.48. The van der Waals surface area contributed by atoms with Crippen LogP contribution >= 0.6 is 0 Å². The lowest BCUT2D eigenvalue weighted by molar-refractivity contribution is 0.205. The van der Waals surface area contributed by atoms with Crippen LogP contribution in [0.15, 0.2) is 53.2 Å². The monoisotopic (exact) mass is 391 g/mol. The van der Waals surface area contributed by atoms with Crippen LogP contribution in [0.1, 0.15) is 28.1 Å². The molecule has 2 amide bonds. The van der Waals surface area contributed by atoms with Gasteiger partial charge >= 0.3 is 6.03 Å². The predicted molar refractivity (Wildman–Crippen MR) is 110 cm³/mol. The SMILES string of the molecule is Cc1cc(CN(C)C(=O)NCc2ccc(N3CCc4ccccc4C3)nc2)no1. The third kappa shape index (κ3) is 4.56. The molecule has 0 saturated heterocycles. The molecule has 1 N–H and O–H groups in total. The van der Waals surface area contributed by atoms with Crippen LogP contribution in [0, 0.1) is 6.92 Å². The van der Waals surface area contributed by atoms with Crippen molar-refractivity contribution in [2.45, 2.75) is 33.0 Å². The van der Waals surface area contributed by atoms with E-state index in [4.69, 9.17) is 4.52 Å². The van der Waals surface area contributed by atoms with Gasteiger partial charge in [0.2, 0.25) is 0 Å². The summed E-state index contributed by atoms with van der Waals surface area (Å²) in [5, 5.41) is 6.83. The summed E-state index contributed by atoms with van der Waals surface area (Å²) in [6.07, 6.45) is 2.87. The van der Waals surface area contributed by atoms with Gasteiger partial charge in [0.05, 0.1) is 6.54 Å². The van der Waals surface area contributed by atoms with Crippen molar-refractivity contribution in [2.75, 3.05) is 18.5 Å². The molecular weight excluding hydrogens is 366 g/mol. The number of pyridine rings is 1. The van der Waals surface area contributed by atoms with E-state index in [1.165, 1.54) is 11.1 Å². The van der Waals surface area contributed by atoms with Crippen LogP contribution in [-0.2, 0) is 26.1 Å². The highest BCUT2D eigenvalue weighted by Crippen LogP contribution is 2.23. The van der Waals surface area contributed by atoms with E-state index in [1.807, 2.05) is 31.3 Å². The molecule has 1 aliphatic rings. The summed E-state index contributed by atoms with van der Waals surface area (Å²) >= 11 is 0. The van der Waals surface area contributed by atoms with E-state index in [0.29, 0.717) is 13.1 Å². The van der Waals surface area contributed by atoms with Crippen molar-refractivity contribution in [2.24, 2.45) is 0 Å². The molecule has 0 atom stereocenters. The summed E-state index contributed by atoms with van der Waals surface area (Å²) in [6, 6.07) is 14.3. The van der Waals surface area contributed by atoms with Gasteiger partial charge in [-0.1, -0.05) is 35.5 Å². The highest BCUT2D eigenvalue weighted by atomic mass is 16.5. The molecule has 0 spiro atoms. The summed E-state index contributed by atoms with van der Waals surface area (Å²) < 4.78 is 5.03. The largest absolute Gasteiger partial charge is 0.361 e. The van der Waals surface area contributed by atoms with Gasteiger partial charge in [0, 0.05) is 38.9 Å². The Labute approximate surface area is 170 Å². The first kappa shape index (κ1) is 19.0. The zero-order chi connectivity index (χ0) is 20.2. The molecule has 0 unspecified atom stereocenters. The number of carbonyl (C=O) groups excluding carboxylic acids is 1. The average Bonchev–Trinajstić information content (AvgIpc) is 3.16. The van der Waals surface area contributed by atoms with Gasteiger partial charge in [-0.2, -0.15) is 0 Å². The second-order valence-electron chi connectivity index (χ2n) is 7.41. The molecule has 0 bridgehead atoms. The molecule has 0 radical (unpaired) electrons. The van der Waals surface area contributed by atoms with E-state index < -0.39 is 0 Å². The lowest BCUT2D eigenvalue weighted by atomic mass is 10.00. The van der Waals surface area contributed by atoms with Gasteiger partial charge in [-0.05, 0) is 36.1 Å². The Morgan fingerprint density at radius 3 is 2.79 bits per heavy atom. The number of aryl methyl sites for hydroxylation is 1. The quantitative estimate of drug-likeness (QED) is 0.722. The number of benzene rings is 1. The molecular formula is C22H25N5O2. The number of hydrogen-bond acceptors (Lipinski definition) is 5. The van der Waals surface area contributed by atoms with Gasteiger partial charge in [0.25, 0.3) is 0 Å². The molecule has 29 heavy (non-hydrogen) atoms. The number of amides is 2. The van der Waals surface area contributed by atoms with E-state index in [-0.39, 0.29) is 6.03 Å². The predicted octanol–water partition coefficient (Wildman–Crippen LogP) is 3.28. The van der Waals surface area contributed by atoms with E-state index in [0.717, 1.165) is 42.3 Å². The Hall–Kier alpha value is -3.35. The van der Waals surface area contributed by atoms with Crippen LogP contribution in [0.3, 0.4) is 0 Å². The van der Waals surface area contributed by atoms with E-state index in [1.54, 1.807) is 11.9 Å². The Balaban J connectivity index is 1.30. The lowest BCUT2D eigenvalue weighted by Gasteiger charge is -2.29. The van der Waals surface area contributed by atoms with Gasteiger partial charge in [-0.3, -0.25) is 0 Å². The molecule has 0 fully saturated rings. The Morgan fingerprint density at radius 1 is 1.24 bits per heavy atom. The number of aromatic nitrogens is 2. The Kier molecular flexibility index (Phi) is 5.46. The second-order valence-corrected chi connectivity index (χ2v) is 7.41. The topological polar surface area (TPSA) is 74.5 Å². The number of nitrogens with one attached hydrogen (secondary N) is 1. The molecule has 1 aliphatic heterocycles. The maximum absolute atomic E-state index is 12.3. The van der Waals surface area contributed by atoms with Crippen molar-refractivity contribution in [1.82, 2.24) is 20.4 Å². The number of fused-ring (bicyclic) bond motifs is 1. The number of nitrogens with zero attached hydrogens (tertiary/aromatic N) is 4. The van der Waals surface area contributed by atoms with Gasteiger partial charge in [-0.15, -0.1) is 0 Å². The van der Waals surface area contributed by atoms with Crippen LogP contribution < -0.4 is 10.2 Å². The van der Waals surface area contributed by atoms with Gasteiger partial charge in [-0.25, -0.2) is 9.78 Å². The van der Waals surface area contributed by atoms with Crippen molar-refractivity contribution < 1.29 is 9.32 Å². The number of carbonyl (C=O) groups is 1. The molecule has 7 heteroatoms. The molecule has 150 valence electrons. The highest BCUT2D eigenvalue weighted by Gasteiger charge is 2.17. The van der Waals surface area contributed by atoms with E-state index in [2.05, 4.69) is 44.6 Å². The fraction of sp³-hybridized carbons (Fsp3) is 0.318. The first-order valence-electron chi connectivity index (χ1n) is 9.76. The molecule has 3 aromatic rings. The summed E-state index contributed by atoms with van der Waals surface area (Å²) in [7, 11) is 1.73. The molecule has 2 aromatic heterocycles. The summed E-state index contributed by atoms with van der Waals surface area (Å²) in [6.45, 7) is 4.50. The van der Waals surface area contributed by atoms with Crippen molar-refractivity contribution in [1.29, 1.82) is 0 Å². The van der Waals surface area contributed by atoms with Crippen molar-refractivity contribution in [3.05, 3.63) is 76.8 Å². The van der Waals surface area contributed by atoms with Crippen molar-refractivity contribution in [3.8, 4) is 0 Å². The zero-order valence-electron chi connectivity index (χ0n) is 16.8. The van der Waals surface area contributed by atoms with Gasteiger partial charge in [0.15, 0.2) is 0 Å². The first-order valence-corrected chi connectivity index (χ1v) is 9.76. The second kappa shape index (κ2) is 8.34. The average molecular weight is 391 g/mol. The van der Waals surface area contributed by atoms with Crippen molar-refractivity contribution in [3.63, 3.8) is 0 Å². The van der Waals surface area contributed by atoms with Crippen LogP contribution in [0.4, 0.5) is 10.6 Å². The van der Waals surface area contributed by atoms with E-state index >= 15 is 0 Å². The standard InChI is InChI=1S/C22H25N5O2/c1-16-11-20(25-29-16)15-26(2)22(28)24-13-17-7-8-21(23-12-17)27-10-9-18-5-3-4-6-19(18)14-27/h3-8,11-12H,9-10,13-15H2,1-2H3,(H,24,28). The maximum Gasteiger partial charge on any atom is 0.317 e. The lowest BCUT2D eigenvalue weighted by Crippen LogP contribution is -2.36. The van der Waals surface area contributed by atoms with Gasteiger partial charge in [0.1, 0.15) is 17.3 Å². The minimum absolute atomic E-state index is 0.164. The van der Waals surface area contributed by atoms with Crippen LogP contribution in [0.25, 0.3) is 0 Å². The molecule has 7 nitrogen and oxygen atoms in total. The number of urea groups is 1. The van der Waals surface area contributed by atoms with E-state index in [9.17, 15) is 4.79 Å². The number of rotatable bonds is 5. The summed E-state index contributed by atoms with van der Waals surface area (Å²) in [4.78, 5) is 20.8. The Morgan fingerprint density at radius 2 is 2.07 bits per heavy atom. The Bertz CT molecular complexity index is 983. The molecule has 0 aliphatic carbocycles. The van der Waals surface area contributed by atoms with Crippen LogP contribution in [-0.4, -0.2) is 34.7 Å². The smallest absolute Gasteiger partial charge is 0.317 e. The zero-order valence-corrected chi connectivity index (χ0v) is 16.8. The molecule has 1 aromatic carbocycles. The van der Waals surface area contributed by atoms with Crippen LogP contribution in [0.5, 0.6) is 0 Å². The minimum atomic E-state index is -0.164. The number of anilines is 1. The third-order valence-corrected chi connectivity index (χ3v) is 5.13. The van der Waals surface area contributed by atoms with Gasteiger partial charge < -0.3 is 19.6 Å². The number of hydrogen-bond donors (Lipinski definition) is 1. The highest BCUT2D eigenvalue weighted by molar-refractivity contribution is 5.73. The molecule has 4 rings (SSSR count). The fourth-order valence-corrected chi connectivity index (χ4v) is 3.52.